The van der Waals surface area contributed by atoms with Crippen molar-refractivity contribution in [2.24, 2.45) is 0 Å². The van der Waals surface area contributed by atoms with E-state index in [1.165, 1.54) is 29.6 Å². The minimum absolute atomic E-state index is 0.363. The number of rotatable bonds is 3. The lowest BCUT2D eigenvalue weighted by atomic mass is 9.84. The first-order chi connectivity index (χ1) is 21.7. The summed E-state index contributed by atoms with van der Waals surface area (Å²) < 4.78 is 4.78. The minimum Gasteiger partial charge on any atom is -0.192 e. The van der Waals surface area contributed by atoms with Gasteiger partial charge < -0.3 is 0 Å². The van der Waals surface area contributed by atoms with Crippen LogP contribution in [0.15, 0.2) is 115 Å². The van der Waals surface area contributed by atoms with Crippen molar-refractivity contribution in [3.05, 3.63) is 132 Å². The third-order valence-corrected chi connectivity index (χ3v) is 10.5. The molecule has 8 rings (SSSR count). The van der Waals surface area contributed by atoms with Crippen LogP contribution < -0.4 is 0 Å². The van der Waals surface area contributed by atoms with Gasteiger partial charge in [0.1, 0.15) is 6.07 Å². The van der Waals surface area contributed by atoms with Crippen LogP contribution in [0.25, 0.3) is 73.7 Å². The van der Waals surface area contributed by atoms with E-state index in [-0.39, 0.29) is 0 Å². The van der Waals surface area contributed by atoms with Crippen molar-refractivity contribution in [3.8, 4) is 51.6 Å². The zero-order chi connectivity index (χ0) is 29.8. The average molecular weight is 594 g/mol. The van der Waals surface area contributed by atoms with Crippen molar-refractivity contribution < 1.29 is 0 Å². The van der Waals surface area contributed by atoms with E-state index in [1.807, 2.05) is 6.07 Å². The molecule has 0 N–H and O–H groups in total. The second-order valence-corrected chi connectivity index (χ2v) is 12.8. The summed E-state index contributed by atoms with van der Waals surface area (Å²) in [5.41, 5.74) is 5.89. The third-order valence-electron chi connectivity index (χ3n) is 8.23. The molecule has 0 spiro atoms. The van der Waals surface area contributed by atoms with Crippen molar-refractivity contribution in [2.75, 3.05) is 0 Å². The molecule has 0 amide bonds. The topological polar surface area (TPSA) is 71.4 Å². The Hall–Kier alpha value is -5.77. The Labute approximate surface area is 261 Å². The quantitative estimate of drug-likeness (QED) is 0.205. The summed E-state index contributed by atoms with van der Waals surface area (Å²) in [5, 5.41) is 35.6. The fourth-order valence-electron chi connectivity index (χ4n) is 6.28. The van der Waals surface area contributed by atoms with Crippen molar-refractivity contribution in [1.82, 2.24) is 0 Å². The van der Waals surface area contributed by atoms with Gasteiger partial charge in [0.05, 0.1) is 28.8 Å². The number of benzene rings is 6. The second kappa shape index (κ2) is 10.2. The van der Waals surface area contributed by atoms with Gasteiger partial charge in [0, 0.05) is 57.0 Å². The molecule has 0 fully saturated rings. The van der Waals surface area contributed by atoms with E-state index in [0.29, 0.717) is 27.8 Å². The smallest absolute Gasteiger partial charge is 0.100 e. The van der Waals surface area contributed by atoms with E-state index in [0.717, 1.165) is 33.0 Å². The van der Waals surface area contributed by atoms with Crippen molar-refractivity contribution in [3.63, 3.8) is 0 Å². The van der Waals surface area contributed by atoms with Crippen LogP contribution in [0.1, 0.15) is 16.7 Å². The Balaban J connectivity index is 1.50. The minimum atomic E-state index is 0.363. The molecule has 0 bridgehead atoms. The lowest BCUT2D eigenvalue weighted by Crippen LogP contribution is -1.97. The first-order valence-electron chi connectivity index (χ1n) is 14.0. The number of thiophene rings is 2. The monoisotopic (exact) mass is 593 g/mol. The lowest BCUT2D eigenvalue weighted by molar-refractivity contribution is 1.42. The van der Waals surface area contributed by atoms with Crippen LogP contribution in [-0.2, 0) is 0 Å². The van der Waals surface area contributed by atoms with Crippen LogP contribution in [0.3, 0.4) is 0 Å². The van der Waals surface area contributed by atoms with Gasteiger partial charge in [-0.05, 0) is 71.3 Å². The van der Waals surface area contributed by atoms with E-state index >= 15 is 0 Å². The molecule has 0 aliphatic rings. The molecule has 0 atom stereocenters. The number of fused-ring (bicyclic) bond motifs is 6. The Bertz CT molecular complexity index is 2570. The van der Waals surface area contributed by atoms with E-state index in [4.69, 9.17) is 0 Å². The maximum atomic E-state index is 10.7. The summed E-state index contributed by atoms with van der Waals surface area (Å²) in [6, 6.07) is 45.7. The fourth-order valence-corrected chi connectivity index (χ4v) is 8.50. The van der Waals surface area contributed by atoms with Crippen molar-refractivity contribution in [2.45, 2.75) is 0 Å². The van der Waals surface area contributed by atoms with Gasteiger partial charge in [-0.1, -0.05) is 60.7 Å². The van der Waals surface area contributed by atoms with Gasteiger partial charge in [0.25, 0.3) is 0 Å². The first-order valence-corrected chi connectivity index (χ1v) is 15.7. The van der Waals surface area contributed by atoms with E-state index in [9.17, 15) is 15.8 Å². The predicted octanol–water partition coefficient (Wildman–Crippen LogP) is 11.0. The number of hydrogen-bond acceptors (Lipinski definition) is 5. The van der Waals surface area contributed by atoms with Gasteiger partial charge in [-0.25, -0.2) is 0 Å². The highest BCUT2D eigenvalue weighted by atomic mass is 32.1. The molecule has 6 aromatic carbocycles. The molecular formula is C39H19N3S2. The van der Waals surface area contributed by atoms with Crippen LogP contribution in [0.4, 0.5) is 0 Å². The number of hydrogen-bond donors (Lipinski definition) is 0. The summed E-state index contributed by atoms with van der Waals surface area (Å²) in [6.07, 6.45) is 0. The predicted molar refractivity (Wildman–Crippen MR) is 183 cm³/mol. The molecule has 44 heavy (non-hydrogen) atoms. The van der Waals surface area contributed by atoms with Crippen LogP contribution in [0, 0.1) is 34.0 Å². The van der Waals surface area contributed by atoms with Gasteiger partial charge in [-0.15, -0.1) is 22.7 Å². The van der Waals surface area contributed by atoms with Gasteiger partial charge in [0.15, 0.2) is 0 Å². The molecule has 202 valence electrons. The van der Waals surface area contributed by atoms with Crippen LogP contribution in [0.5, 0.6) is 0 Å². The van der Waals surface area contributed by atoms with Crippen LogP contribution >= 0.6 is 22.7 Å². The van der Waals surface area contributed by atoms with Gasteiger partial charge in [0.2, 0.25) is 0 Å². The zero-order valence-corrected chi connectivity index (χ0v) is 24.8. The molecule has 0 saturated heterocycles. The SMILES string of the molecule is N#Cc1cccc(C#N)c1-c1cc(-c2cccc3sc4ccccc4c23)cc(-c2ccc3sc4ccccc4c3c2)c1C#N. The molecule has 8 aromatic rings. The molecule has 0 saturated carbocycles. The zero-order valence-electron chi connectivity index (χ0n) is 23.1. The highest BCUT2D eigenvalue weighted by molar-refractivity contribution is 7.26. The van der Waals surface area contributed by atoms with Gasteiger partial charge >= 0.3 is 0 Å². The summed E-state index contributed by atoms with van der Waals surface area (Å²) in [6.45, 7) is 0. The average Bonchev–Trinajstić information content (AvgIpc) is 3.65. The molecule has 2 heterocycles. The number of nitrogens with zero attached hydrogens (tertiary/aromatic N) is 3. The fraction of sp³-hybridized carbons (Fsp3) is 0. The molecule has 5 heteroatoms. The van der Waals surface area contributed by atoms with Crippen molar-refractivity contribution in [1.29, 1.82) is 15.8 Å². The first kappa shape index (κ1) is 25.9. The molecule has 0 radical (unpaired) electrons. The second-order valence-electron chi connectivity index (χ2n) is 10.6. The van der Waals surface area contributed by atoms with Gasteiger partial charge in [-0.3, -0.25) is 0 Å². The maximum Gasteiger partial charge on any atom is 0.100 e. The Morgan fingerprint density at radius 1 is 0.432 bits per heavy atom. The Morgan fingerprint density at radius 2 is 1.05 bits per heavy atom. The van der Waals surface area contributed by atoms with Crippen LogP contribution in [0.2, 0.25) is 0 Å². The highest BCUT2D eigenvalue weighted by Gasteiger charge is 2.22. The molecular weight excluding hydrogens is 575 g/mol. The lowest BCUT2D eigenvalue weighted by Gasteiger charge is -2.17. The maximum absolute atomic E-state index is 10.7. The summed E-state index contributed by atoms with van der Waals surface area (Å²) >= 11 is 3.51. The summed E-state index contributed by atoms with van der Waals surface area (Å²) in [4.78, 5) is 0. The van der Waals surface area contributed by atoms with E-state index in [2.05, 4.69) is 109 Å². The molecule has 0 aliphatic carbocycles. The molecule has 0 aliphatic heterocycles. The standard InChI is InChI=1S/C39H19N3S2/c40-20-24-7-5-8-25(21-41)38(24)32-19-26(27-11-6-14-37-39(27)29-10-2-4-13-35(29)44-37)18-30(33(32)22-42)23-15-16-36-31(17-23)28-9-1-3-12-34(28)43-36/h1-19H. The Kier molecular flexibility index (Phi) is 6.00. The van der Waals surface area contributed by atoms with Gasteiger partial charge in [-0.2, -0.15) is 15.8 Å². The largest absolute Gasteiger partial charge is 0.192 e. The molecule has 2 aromatic heterocycles. The highest BCUT2D eigenvalue weighted by Crippen LogP contribution is 2.45. The molecule has 0 unspecified atom stereocenters. The molecule has 3 nitrogen and oxygen atoms in total. The third kappa shape index (κ3) is 3.91. The number of nitriles is 3. The van der Waals surface area contributed by atoms with E-state index < -0.39 is 0 Å². The Morgan fingerprint density at radius 3 is 1.80 bits per heavy atom. The summed E-state index contributed by atoms with van der Waals surface area (Å²) in [7, 11) is 0. The van der Waals surface area contributed by atoms with E-state index in [1.54, 1.807) is 40.9 Å². The normalized spacial score (nSPS) is 11.1. The summed E-state index contributed by atoms with van der Waals surface area (Å²) in [5.74, 6) is 0. The van der Waals surface area contributed by atoms with Crippen molar-refractivity contribution >= 4 is 63.0 Å². The van der Waals surface area contributed by atoms with Crippen LogP contribution in [-0.4, -0.2) is 0 Å².